The number of halogens is 1. The maximum absolute atomic E-state index is 12.4. The van der Waals surface area contributed by atoms with E-state index < -0.39 is 27.2 Å². The predicted molar refractivity (Wildman–Crippen MR) is 181 cm³/mol. The number of allylic oxidation sites excluding steroid dienone is 2. The van der Waals surface area contributed by atoms with Crippen LogP contribution in [0.2, 0.25) is 0 Å². The van der Waals surface area contributed by atoms with Crippen LogP contribution in [-0.2, 0) is 20.8 Å². The number of morpholine rings is 1. The molecule has 6 aliphatic rings. The molecular formula is C37H62ClN3O3Os. The standard InChI is InChI=1S/C33H54NO2.C4H8NO.ClH.N.Os/c35-32(26-14-5-1-6-15-26,27-16-7-2-8-17-27)24-30-22-13-23-31(34-30)25-33(36,28-18-9-3-10-19-28)29-20-11-4-12-21-29;1-3-6-4-2-5-1;;;/h13,22-23,26-30,35-36H,1-12,14-21,24-25H2;1-4H2;1H;;/q2*-1;;;+3/p-1. The first-order chi connectivity index (χ1) is 22.0. The van der Waals surface area contributed by atoms with Crippen LogP contribution < -0.4 is 0 Å². The molecule has 2 heterocycles. The molecule has 1 atom stereocenters. The van der Waals surface area contributed by atoms with Gasteiger partial charge >= 0.3 is 29.6 Å². The van der Waals surface area contributed by atoms with Crippen molar-refractivity contribution in [1.82, 2.24) is 0 Å². The summed E-state index contributed by atoms with van der Waals surface area (Å²) in [6.07, 6.45) is 33.1. The molecule has 4 saturated carbocycles. The minimum absolute atomic E-state index is 0.0563. The van der Waals surface area contributed by atoms with Crippen LogP contribution >= 0.6 is 9.64 Å². The second-order valence-corrected chi connectivity index (χ2v) is 16.2. The zero-order chi connectivity index (χ0) is 31.8. The van der Waals surface area contributed by atoms with Gasteiger partial charge in [0.2, 0.25) is 0 Å². The summed E-state index contributed by atoms with van der Waals surface area (Å²) in [6.45, 7) is 3.47. The van der Waals surface area contributed by atoms with E-state index in [0.717, 1.165) is 38.4 Å². The van der Waals surface area contributed by atoms with E-state index in [-0.39, 0.29) is 6.04 Å². The molecule has 2 N–H and O–H groups in total. The summed E-state index contributed by atoms with van der Waals surface area (Å²) in [5.74, 6) is 1.73. The van der Waals surface area contributed by atoms with E-state index >= 15 is 0 Å². The Morgan fingerprint density at radius 1 is 0.711 bits per heavy atom. The van der Waals surface area contributed by atoms with Crippen LogP contribution in [0.5, 0.6) is 0 Å². The number of aliphatic hydroxyl groups is 2. The van der Waals surface area contributed by atoms with Gasteiger partial charge in [-0.2, -0.15) is 5.70 Å². The van der Waals surface area contributed by atoms with Crippen LogP contribution in [0, 0.1) is 27.6 Å². The Bertz CT molecular complexity index is 880. The second kappa shape index (κ2) is 20.3. The molecule has 45 heavy (non-hydrogen) atoms. The zero-order valence-corrected chi connectivity index (χ0v) is 31.2. The maximum atomic E-state index is 12.4. The Labute approximate surface area is 286 Å². The molecule has 4 aliphatic carbocycles. The van der Waals surface area contributed by atoms with Gasteiger partial charge in [-0.25, -0.2) is 0 Å². The summed E-state index contributed by atoms with van der Waals surface area (Å²) in [6, 6.07) is 0.0563. The second-order valence-electron chi connectivity index (χ2n) is 14.8. The van der Waals surface area contributed by atoms with Gasteiger partial charge in [0.25, 0.3) is 0 Å². The van der Waals surface area contributed by atoms with Gasteiger partial charge < -0.3 is 25.6 Å². The van der Waals surface area contributed by atoms with Crippen LogP contribution in [0.4, 0.5) is 0 Å². The van der Waals surface area contributed by atoms with Crippen LogP contribution in [0.3, 0.4) is 0 Å². The predicted octanol–water partition coefficient (Wildman–Crippen LogP) is 9.84. The number of rotatable bonds is 8. The van der Waals surface area contributed by atoms with Crippen LogP contribution in [-0.4, -0.2) is 53.8 Å². The number of hydrogen-bond donors (Lipinski definition) is 2. The third kappa shape index (κ3) is 11.4. The molecule has 1 unspecified atom stereocenters. The van der Waals surface area contributed by atoms with Crippen molar-refractivity contribution in [3.63, 3.8) is 0 Å². The van der Waals surface area contributed by atoms with E-state index in [1.54, 1.807) is 0 Å². The summed E-state index contributed by atoms with van der Waals surface area (Å²) < 4.78 is 12.4. The molecule has 8 heteroatoms. The number of ether oxygens (including phenoxy) is 1. The average molecular weight is 823 g/mol. The molecule has 0 aromatic rings. The summed E-state index contributed by atoms with van der Waals surface area (Å²) in [4.78, 5) is 0. The Balaban J connectivity index is 0.000000446. The Morgan fingerprint density at radius 3 is 1.47 bits per heavy atom. The van der Waals surface area contributed by atoms with Gasteiger partial charge in [0.1, 0.15) is 0 Å². The van der Waals surface area contributed by atoms with Crippen LogP contribution in [0.15, 0.2) is 23.9 Å². The van der Waals surface area contributed by atoms with Crippen molar-refractivity contribution in [3.05, 3.63) is 34.6 Å². The van der Waals surface area contributed by atoms with Gasteiger partial charge in [-0.1, -0.05) is 101 Å². The fraction of sp³-hybridized carbons (Fsp3) is 0.892. The third-order valence-corrected chi connectivity index (χ3v) is 12.0. The Morgan fingerprint density at radius 2 is 1.11 bits per heavy atom. The van der Waals surface area contributed by atoms with Crippen molar-refractivity contribution in [2.45, 2.75) is 159 Å². The van der Waals surface area contributed by atoms with Gasteiger partial charge in [-0.15, -0.1) is 13.1 Å². The third-order valence-electron chi connectivity index (χ3n) is 12.0. The quantitative estimate of drug-likeness (QED) is 0.255. The van der Waals surface area contributed by atoms with Gasteiger partial charge in [0, 0.05) is 13.2 Å². The summed E-state index contributed by atoms with van der Waals surface area (Å²) in [7, 11) is 4.69. The Hall–Kier alpha value is -0.244. The molecule has 0 bridgehead atoms. The fourth-order valence-electron chi connectivity index (χ4n) is 9.61. The molecule has 0 radical (unpaired) electrons. The first-order valence-corrected chi connectivity index (χ1v) is 22.9. The molecule has 2 aliphatic heterocycles. The van der Waals surface area contributed by atoms with Crippen molar-refractivity contribution in [2.75, 3.05) is 26.3 Å². The molecule has 0 spiro atoms. The van der Waals surface area contributed by atoms with E-state index in [1.165, 1.54) is 128 Å². The van der Waals surface area contributed by atoms with Crippen molar-refractivity contribution in [3.8, 4) is 0 Å². The monoisotopic (exact) mass is 823 g/mol. The van der Waals surface area contributed by atoms with Crippen molar-refractivity contribution >= 4 is 9.64 Å². The van der Waals surface area contributed by atoms with Crippen LogP contribution in [0.1, 0.15) is 141 Å². The first kappa shape index (κ1) is 37.6. The SMILES string of the molecule is C1COCC[N-]1.OC(CC1=CC=CC(CC(O)(C2CCCCC2)C2CCCCC2)[N-]1)(C1CCCCC1)C1CCCCC1.[N]#[Os+2][Cl]. The normalized spacial score (nSPS) is 26.4. The van der Waals surface area contributed by atoms with Gasteiger partial charge in [0.15, 0.2) is 0 Å². The molecule has 6 rings (SSSR count). The summed E-state index contributed by atoms with van der Waals surface area (Å²) in [5, 5.41) is 34.1. The van der Waals surface area contributed by atoms with E-state index in [4.69, 9.17) is 23.6 Å². The number of nitrogens with zero attached hydrogens (tertiary/aromatic N) is 3. The molecule has 0 aromatic heterocycles. The van der Waals surface area contributed by atoms with Crippen LogP contribution in [0.25, 0.3) is 10.6 Å². The zero-order valence-electron chi connectivity index (χ0n) is 27.9. The first-order valence-electron chi connectivity index (χ1n) is 18.6. The molecule has 1 saturated heterocycles. The summed E-state index contributed by atoms with van der Waals surface area (Å²) >= 11 is -1.11. The van der Waals surface area contributed by atoms with Crippen molar-refractivity contribution in [2.24, 2.45) is 23.7 Å². The number of hydrogen-bond acceptors (Lipinski definition) is 4. The Kier molecular flexibility index (Phi) is 17.0. The van der Waals surface area contributed by atoms with E-state index in [2.05, 4.69) is 23.5 Å². The molecule has 0 amide bonds. The topological polar surface area (TPSA) is 102 Å². The van der Waals surface area contributed by atoms with E-state index in [1.807, 2.05) is 0 Å². The fourth-order valence-corrected chi connectivity index (χ4v) is 9.61. The molecular weight excluding hydrogens is 760 g/mol. The van der Waals surface area contributed by atoms with E-state index in [0.29, 0.717) is 30.1 Å². The van der Waals surface area contributed by atoms with Crippen molar-refractivity contribution < 1.29 is 31.0 Å². The molecule has 6 nitrogen and oxygen atoms in total. The van der Waals surface area contributed by atoms with E-state index in [9.17, 15) is 10.2 Å². The minimum atomic E-state index is -1.11. The van der Waals surface area contributed by atoms with Gasteiger partial charge in [-0.05, 0) is 87.9 Å². The molecule has 258 valence electrons. The van der Waals surface area contributed by atoms with Gasteiger partial charge in [-0.3, -0.25) is 0 Å². The summed E-state index contributed by atoms with van der Waals surface area (Å²) in [5.41, 5.74) is -0.0874. The van der Waals surface area contributed by atoms with Crippen molar-refractivity contribution in [1.29, 1.82) is 3.88 Å². The molecule has 5 fully saturated rings. The molecule has 0 aromatic carbocycles. The van der Waals surface area contributed by atoms with Gasteiger partial charge in [0.05, 0.1) is 11.2 Å². The average Bonchev–Trinajstić information content (AvgIpc) is 3.11.